The minimum atomic E-state index is -3.01. The van der Waals surface area contributed by atoms with Gasteiger partial charge in [-0.15, -0.1) is 10.2 Å². The SMILES string of the molecule is CCSc1nnc(NC(=O)/C=C/c2cccc(OC)c2OC(F)F)s1. The maximum atomic E-state index is 12.6. The number of rotatable bonds is 8. The Bertz CT molecular complexity index is 753. The van der Waals surface area contributed by atoms with E-state index in [9.17, 15) is 13.6 Å². The van der Waals surface area contributed by atoms with Gasteiger partial charge in [-0.3, -0.25) is 10.1 Å². The van der Waals surface area contributed by atoms with Crippen molar-refractivity contribution in [3.63, 3.8) is 0 Å². The van der Waals surface area contributed by atoms with Crippen LogP contribution in [0.5, 0.6) is 11.5 Å². The number of methoxy groups -OCH3 is 1. The number of carbonyl (C=O) groups is 1. The van der Waals surface area contributed by atoms with E-state index in [4.69, 9.17) is 4.74 Å². The van der Waals surface area contributed by atoms with Crippen molar-refractivity contribution in [2.24, 2.45) is 0 Å². The van der Waals surface area contributed by atoms with Crippen LogP contribution in [0.25, 0.3) is 6.08 Å². The first-order valence-corrected chi connectivity index (χ1v) is 8.90. The molecule has 0 unspecified atom stereocenters. The standard InChI is InChI=1S/C15H15F2N3O3S2/c1-3-24-15-20-19-14(25-15)18-11(21)8-7-9-5-4-6-10(22-2)12(9)23-13(16)17/h4-8,13H,3H2,1-2H3,(H,18,19,21)/b8-7+. The maximum absolute atomic E-state index is 12.6. The lowest BCUT2D eigenvalue weighted by molar-refractivity contribution is -0.111. The van der Waals surface area contributed by atoms with E-state index < -0.39 is 12.5 Å². The number of benzene rings is 1. The van der Waals surface area contributed by atoms with Crippen molar-refractivity contribution in [1.82, 2.24) is 10.2 Å². The summed E-state index contributed by atoms with van der Waals surface area (Å²) in [5, 5.41) is 10.7. The first-order valence-electron chi connectivity index (χ1n) is 7.10. The van der Waals surface area contributed by atoms with E-state index >= 15 is 0 Å². The molecule has 0 aliphatic rings. The first kappa shape index (κ1) is 19.1. The second-order valence-corrected chi connectivity index (χ2v) is 6.87. The van der Waals surface area contributed by atoms with Crippen LogP contribution in [-0.2, 0) is 4.79 Å². The molecule has 1 aromatic heterocycles. The Morgan fingerprint density at radius 1 is 1.44 bits per heavy atom. The van der Waals surface area contributed by atoms with Crippen LogP contribution in [0.3, 0.4) is 0 Å². The Morgan fingerprint density at radius 3 is 2.92 bits per heavy atom. The highest BCUT2D eigenvalue weighted by Gasteiger charge is 2.14. The van der Waals surface area contributed by atoms with E-state index in [1.807, 2.05) is 6.92 Å². The quantitative estimate of drug-likeness (QED) is 0.421. The number of hydrogen-bond acceptors (Lipinski definition) is 7. The highest BCUT2D eigenvalue weighted by atomic mass is 32.2. The third-order valence-corrected chi connectivity index (χ3v) is 4.61. The van der Waals surface area contributed by atoms with Crippen LogP contribution in [0.2, 0.25) is 0 Å². The molecule has 1 amide bonds. The second kappa shape index (κ2) is 9.33. The number of carbonyl (C=O) groups excluding carboxylic acids is 1. The zero-order chi connectivity index (χ0) is 18.2. The van der Waals surface area contributed by atoms with Crippen LogP contribution in [0, 0.1) is 0 Å². The molecule has 1 aromatic carbocycles. The summed E-state index contributed by atoms with van der Waals surface area (Å²) in [6.45, 7) is -1.02. The molecule has 0 atom stereocenters. The van der Waals surface area contributed by atoms with Crippen LogP contribution in [0.15, 0.2) is 28.6 Å². The molecule has 0 aliphatic carbocycles. The Morgan fingerprint density at radius 2 is 2.24 bits per heavy atom. The molecule has 0 saturated carbocycles. The van der Waals surface area contributed by atoms with Crippen LogP contribution in [-0.4, -0.2) is 35.6 Å². The molecule has 0 aliphatic heterocycles. The molecule has 25 heavy (non-hydrogen) atoms. The number of nitrogens with zero attached hydrogens (tertiary/aromatic N) is 2. The molecule has 134 valence electrons. The molecule has 2 rings (SSSR count). The number of ether oxygens (including phenoxy) is 2. The second-order valence-electron chi connectivity index (χ2n) is 4.39. The van der Waals surface area contributed by atoms with Gasteiger partial charge in [0.05, 0.1) is 7.11 Å². The summed E-state index contributed by atoms with van der Waals surface area (Å²) in [6.07, 6.45) is 2.56. The van der Waals surface area contributed by atoms with Gasteiger partial charge in [-0.05, 0) is 17.9 Å². The summed E-state index contributed by atoms with van der Waals surface area (Å²) in [7, 11) is 1.34. The molecular formula is C15H15F2N3O3S2. The normalized spacial score (nSPS) is 11.1. The van der Waals surface area contributed by atoms with Crippen molar-refractivity contribution in [2.45, 2.75) is 17.9 Å². The van der Waals surface area contributed by atoms with Gasteiger partial charge in [0.15, 0.2) is 15.8 Å². The molecular weight excluding hydrogens is 372 g/mol. The lowest BCUT2D eigenvalue weighted by Crippen LogP contribution is -2.08. The number of nitrogens with one attached hydrogen (secondary N) is 1. The summed E-state index contributed by atoms with van der Waals surface area (Å²) in [6, 6.07) is 4.63. The number of thioether (sulfide) groups is 1. The topological polar surface area (TPSA) is 73.3 Å². The zero-order valence-electron chi connectivity index (χ0n) is 13.4. The van der Waals surface area contributed by atoms with Gasteiger partial charge in [-0.2, -0.15) is 8.78 Å². The van der Waals surface area contributed by atoms with Crippen LogP contribution >= 0.6 is 23.1 Å². The van der Waals surface area contributed by atoms with Crippen molar-refractivity contribution in [2.75, 3.05) is 18.2 Å². The van der Waals surface area contributed by atoms with E-state index in [1.165, 1.54) is 54.5 Å². The smallest absolute Gasteiger partial charge is 0.387 e. The van der Waals surface area contributed by atoms with Crippen molar-refractivity contribution in [1.29, 1.82) is 0 Å². The average molecular weight is 387 g/mol. The summed E-state index contributed by atoms with van der Waals surface area (Å²) >= 11 is 2.78. The highest BCUT2D eigenvalue weighted by Crippen LogP contribution is 2.33. The maximum Gasteiger partial charge on any atom is 0.387 e. The zero-order valence-corrected chi connectivity index (χ0v) is 15.0. The third kappa shape index (κ3) is 5.68. The first-order chi connectivity index (χ1) is 12.0. The monoisotopic (exact) mass is 387 g/mol. The lowest BCUT2D eigenvalue weighted by atomic mass is 10.1. The number of amides is 1. The highest BCUT2D eigenvalue weighted by molar-refractivity contribution is 8.01. The largest absolute Gasteiger partial charge is 0.493 e. The Labute approximate surface area is 151 Å². The van der Waals surface area contributed by atoms with E-state index in [0.717, 1.165) is 10.1 Å². The minimum absolute atomic E-state index is 0.137. The molecule has 2 aromatic rings. The Kier molecular flexibility index (Phi) is 7.14. The fourth-order valence-electron chi connectivity index (χ4n) is 1.79. The van der Waals surface area contributed by atoms with Gasteiger partial charge in [-0.1, -0.05) is 42.2 Å². The predicted molar refractivity (Wildman–Crippen MR) is 93.6 cm³/mol. The molecule has 0 radical (unpaired) electrons. The summed E-state index contributed by atoms with van der Waals surface area (Å²) in [4.78, 5) is 12.0. The minimum Gasteiger partial charge on any atom is -0.493 e. The average Bonchev–Trinajstić information content (AvgIpc) is 3.00. The van der Waals surface area contributed by atoms with Crippen molar-refractivity contribution in [3.8, 4) is 11.5 Å². The van der Waals surface area contributed by atoms with E-state index in [1.54, 1.807) is 6.07 Å². The van der Waals surface area contributed by atoms with Gasteiger partial charge in [0.25, 0.3) is 0 Å². The number of para-hydroxylation sites is 1. The Hall–Kier alpha value is -2.20. The molecule has 1 heterocycles. The Balaban J connectivity index is 2.10. The van der Waals surface area contributed by atoms with Gasteiger partial charge in [0, 0.05) is 11.6 Å². The van der Waals surface area contributed by atoms with Crippen LogP contribution in [0.4, 0.5) is 13.9 Å². The third-order valence-electron chi connectivity index (χ3n) is 2.75. The number of hydrogen-bond donors (Lipinski definition) is 1. The van der Waals surface area contributed by atoms with E-state index in [2.05, 4.69) is 20.3 Å². The van der Waals surface area contributed by atoms with Gasteiger partial charge in [0.2, 0.25) is 11.0 Å². The number of halogens is 2. The fraction of sp³-hybridized carbons (Fsp3) is 0.267. The fourth-order valence-corrected chi connectivity index (χ4v) is 3.45. The predicted octanol–water partition coefficient (Wildman–Crippen LogP) is 3.91. The number of anilines is 1. The molecule has 0 saturated heterocycles. The van der Waals surface area contributed by atoms with E-state index in [-0.39, 0.29) is 17.1 Å². The molecule has 1 N–H and O–H groups in total. The van der Waals surface area contributed by atoms with Gasteiger partial charge < -0.3 is 9.47 Å². The van der Waals surface area contributed by atoms with Crippen molar-refractivity contribution in [3.05, 3.63) is 29.8 Å². The lowest BCUT2D eigenvalue weighted by Gasteiger charge is -2.12. The summed E-state index contributed by atoms with van der Waals surface area (Å²) in [5.41, 5.74) is 0.286. The number of aromatic nitrogens is 2. The van der Waals surface area contributed by atoms with E-state index in [0.29, 0.717) is 5.13 Å². The molecule has 0 fully saturated rings. The van der Waals surface area contributed by atoms with Crippen molar-refractivity contribution >= 4 is 40.2 Å². The van der Waals surface area contributed by atoms with Crippen molar-refractivity contribution < 1.29 is 23.0 Å². The summed E-state index contributed by atoms with van der Waals surface area (Å²) < 4.78 is 35.4. The van der Waals surface area contributed by atoms with Gasteiger partial charge in [0.1, 0.15) is 0 Å². The van der Waals surface area contributed by atoms with Gasteiger partial charge in [-0.25, -0.2) is 0 Å². The molecule has 0 bridgehead atoms. The molecule has 0 spiro atoms. The van der Waals surface area contributed by atoms with Crippen LogP contribution < -0.4 is 14.8 Å². The molecule has 6 nitrogen and oxygen atoms in total. The van der Waals surface area contributed by atoms with Crippen LogP contribution in [0.1, 0.15) is 12.5 Å². The number of alkyl halides is 2. The van der Waals surface area contributed by atoms with Gasteiger partial charge >= 0.3 is 6.61 Å². The summed E-state index contributed by atoms with van der Waals surface area (Å²) in [5.74, 6) is 0.399. The molecule has 10 heteroatoms.